The number of carbonyl (C=O) groups excluding carboxylic acids is 1. The van der Waals surface area contributed by atoms with E-state index in [1.54, 1.807) is 0 Å². The number of rotatable bonds is 3. The fraction of sp³-hybridized carbons (Fsp3) is 0.900. The summed E-state index contributed by atoms with van der Waals surface area (Å²) in [5.74, 6) is 1.27. The van der Waals surface area contributed by atoms with Crippen molar-refractivity contribution in [3.8, 4) is 0 Å². The molecule has 3 unspecified atom stereocenters. The van der Waals surface area contributed by atoms with Crippen molar-refractivity contribution < 1.29 is 9.53 Å². The number of nitrogens with one attached hydrogen (secondary N) is 1. The van der Waals surface area contributed by atoms with Crippen LogP contribution in [-0.4, -0.2) is 25.7 Å². The molecule has 1 aliphatic rings. The van der Waals surface area contributed by atoms with Crippen LogP contribution in [0.25, 0.3) is 0 Å². The SMILES string of the molecule is COC(=O)CNC1CCC(C)C1C. The van der Waals surface area contributed by atoms with Crippen molar-refractivity contribution in [2.45, 2.75) is 32.7 Å². The molecule has 1 saturated carbocycles. The van der Waals surface area contributed by atoms with E-state index in [-0.39, 0.29) is 5.97 Å². The van der Waals surface area contributed by atoms with Gasteiger partial charge in [-0.3, -0.25) is 4.79 Å². The summed E-state index contributed by atoms with van der Waals surface area (Å²) in [6.45, 7) is 4.86. The summed E-state index contributed by atoms with van der Waals surface area (Å²) in [5.41, 5.74) is 0. The maximum Gasteiger partial charge on any atom is 0.319 e. The van der Waals surface area contributed by atoms with Crippen LogP contribution in [0.3, 0.4) is 0 Å². The number of methoxy groups -OCH3 is 1. The van der Waals surface area contributed by atoms with Crippen LogP contribution in [-0.2, 0) is 9.53 Å². The lowest BCUT2D eigenvalue weighted by Gasteiger charge is -2.18. The minimum absolute atomic E-state index is 0.174. The Morgan fingerprint density at radius 1 is 1.46 bits per heavy atom. The van der Waals surface area contributed by atoms with Crippen LogP contribution in [0.4, 0.5) is 0 Å². The molecule has 1 N–H and O–H groups in total. The van der Waals surface area contributed by atoms with Gasteiger partial charge < -0.3 is 10.1 Å². The third-order valence-corrected chi connectivity index (χ3v) is 3.20. The van der Waals surface area contributed by atoms with Gasteiger partial charge in [-0.25, -0.2) is 0 Å². The third kappa shape index (κ3) is 2.69. The van der Waals surface area contributed by atoms with E-state index in [1.165, 1.54) is 20.0 Å². The van der Waals surface area contributed by atoms with E-state index in [2.05, 4.69) is 23.9 Å². The molecule has 0 aromatic heterocycles. The predicted octanol–water partition coefficient (Wildman–Crippen LogP) is 1.18. The second-order valence-corrected chi connectivity index (χ2v) is 3.98. The fourth-order valence-corrected chi connectivity index (χ4v) is 1.94. The Kier molecular flexibility index (Phi) is 3.72. The van der Waals surface area contributed by atoms with Gasteiger partial charge in [0.2, 0.25) is 0 Å². The standard InChI is InChI=1S/C10H19NO2/c1-7-4-5-9(8(7)2)11-6-10(12)13-3/h7-9,11H,4-6H2,1-3H3. The van der Waals surface area contributed by atoms with Gasteiger partial charge in [0.15, 0.2) is 0 Å². The minimum atomic E-state index is -0.174. The van der Waals surface area contributed by atoms with Gasteiger partial charge in [-0.15, -0.1) is 0 Å². The molecule has 0 aromatic rings. The molecule has 0 aromatic carbocycles. The second-order valence-electron chi connectivity index (χ2n) is 3.98. The maximum absolute atomic E-state index is 10.9. The summed E-state index contributed by atoms with van der Waals surface area (Å²) in [7, 11) is 1.42. The first-order valence-electron chi connectivity index (χ1n) is 4.95. The van der Waals surface area contributed by atoms with Crippen LogP contribution in [0.1, 0.15) is 26.7 Å². The molecule has 0 aliphatic heterocycles. The zero-order valence-corrected chi connectivity index (χ0v) is 8.67. The van der Waals surface area contributed by atoms with Crippen LogP contribution >= 0.6 is 0 Å². The van der Waals surface area contributed by atoms with Gasteiger partial charge in [-0.05, 0) is 24.7 Å². The van der Waals surface area contributed by atoms with Crippen LogP contribution in [0.2, 0.25) is 0 Å². The lowest BCUT2D eigenvalue weighted by molar-refractivity contribution is -0.139. The van der Waals surface area contributed by atoms with E-state index in [0.29, 0.717) is 18.5 Å². The van der Waals surface area contributed by atoms with Crippen LogP contribution in [0.5, 0.6) is 0 Å². The van der Waals surface area contributed by atoms with Crippen molar-refractivity contribution in [1.82, 2.24) is 5.32 Å². The molecule has 0 heterocycles. The fourth-order valence-electron chi connectivity index (χ4n) is 1.94. The zero-order chi connectivity index (χ0) is 9.84. The Labute approximate surface area is 79.8 Å². The molecule has 0 saturated heterocycles. The Morgan fingerprint density at radius 2 is 2.15 bits per heavy atom. The van der Waals surface area contributed by atoms with E-state index >= 15 is 0 Å². The molecular formula is C10H19NO2. The molecule has 13 heavy (non-hydrogen) atoms. The van der Waals surface area contributed by atoms with Gasteiger partial charge in [0.25, 0.3) is 0 Å². The molecule has 1 fully saturated rings. The summed E-state index contributed by atoms with van der Waals surface area (Å²) >= 11 is 0. The van der Waals surface area contributed by atoms with Gasteiger partial charge >= 0.3 is 5.97 Å². The molecule has 1 rings (SSSR count). The van der Waals surface area contributed by atoms with Gasteiger partial charge in [-0.2, -0.15) is 0 Å². The van der Waals surface area contributed by atoms with Crippen molar-refractivity contribution in [3.63, 3.8) is 0 Å². The molecule has 1 aliphatic carbocycles. The number of hydrogen-bond donors (Lipinski definition) is 1. The largest absolute Gasteiger partial charge is 0.468 e. The highest BCUT2D eigenvalue weighted by Crippen LogP contribution is 2.30. The second kappa shape index (κ2) is 4.61. The highest BCUT2D eigenvalue weighted by molar-refractivity contribution is 5.71. The summed E-state index contributed by atoms with van der Waals surface area (Å²) in [5, 5.41) is 3.24. The molecule has 0 bridgehead atoms. The smallest absolute Gasteiger partial charge is 0.319 e. The topological polar surface area (TPSA) is 38.3 Å². The number of carbonyl (C=O) groups is 1. The molecule has 76 valence electrons. The maximum atomic E-state index is 10.9. The number of ether oxygens (including phenoxy) is 1. The molecular weight excluding hydrogens is 166 g/mol. The predicted molar refractivity (Wildman–Crippen MR) is 51.4 cm³/mol. The highest BCUT2D eigenvalue weighted by atomic mass is 16.5. The molecule has 3 nitrogen and oxygen atoms in total. The average molecular weight is 185 g/mol. The van der Waals surface area contributed by atoms with Crippen molar-refractivity contribution >= 4 is 5.97 Å². The molecule has 0 spiro atoms. The third-order valence-electron chi connectivity index (χ3n) is 3.20. The highest BCUT2D eigenvalue weighted by Gasteiger charge is 2.29. The lowest BCUT2D eigenvalue weighted by atomic mass is 9.98. The zero-order valence-electron chi connectivity index (χ0n) is 8.67. The quantitative estimate of drug-likeness (QED) is 0.671. The Balaban J connectivity index is 2.26. The van der Waals surface area contributed by atoms with Crippen molar-refractivity contribution in [1.29, 1.82) is 0 Å². The van der Waals surface area contributed by atoms with Gasteiger partial charge in [-0.1, -0.05) is 13.8 Å². The lowest BCUT2D eigenvalue weighted by Crippen LogP contribution is -2.36. The van der Waals surface area contributed by atoms with Crippen molar-refractivity contribution in [2.24, 2.45) is 11.8 Å². The van der Waals surface area contributed by atoms with E-state index in [0.717, 1.165) is 5.92 Å². The first-order valence-corrected chi connectivity index (χ1v) is 4.95. The Bertz CT molecular complexity index is 182. The minimum Gasteiger partial charge on any atom is -0.468 e. The van der Waals surface area contributed by atoms with Crippen LogP contribution < -0.4 is 5.32 Å². The Morgan fingerprint density at radius 3 is 2.62 bits per heavy atom. The van der Waals surface area contributed by atoms with Gasteiger partial charge in [0.1, 0.15) is 0 Å². The molecule has 3 atom stereocenters. The van der Waals surface area contributed by atoms with Gasteiger partial charge in [0, 0.05) is 6.04 Å². The first kappa shape index (κ1) is 10.5. The van der Waals surface area contributed by atoms with E-state index in [9.17, 15) is 4.79 Å². The summed E-state index contributed by atoms with van der Waals surface area (Å²) in [6, 6.07) is 0.495. The normalized spacial score (nSPS) is 33.3. The van der Waals surface area contributed by atoms with E-state index < -0.39 is 0 Å². The average Bonchev–Trinajstić information content (AvgIpc) is 2.44. The summed E-state index contributed by atoms with van der Waals surface area (Å²) in [6.07, 6.45) is 2.44. The Hall–Kier alpha value is -0.570. The number of hydrogen-bond acceptors (Lipinski definition) is 3. The van der Waals surface area contributed by atoms with Crippen LogP contribution in [0, 0.1) is 11.8 Å². The molecule has 0 amide bonds. The molecule has 0 radical (unpaired) electrons. The first-order chi connectivity index (χ1) is 6.15. The van der Waals surface area contributed by atoms with E-state index in [4.69, 9.17) is 0 Å². The van der Waals surface area contributed by atoms with E-state index in [1.807, 2.05) is 0 Å². The summed E-state index contributed by atoms with van der Waals surface area (Å²) in [4.78, 5) is 10.9. The number of esters is 1. The van der Waals surface area contributed by atoms with Crippen LogP contribution in [0.15, 0.2) is 0 Å². The molecule has 3 heteroatoms. The summed E-state index contributed by atoms with van der Waals surface area (Å²) < 4.78 is 4.57. The van der Waals surface area contributed by atoms with Crippen molar-refractivity contribution in [2.75, 3.05) is 13.7 Å². The van der Waals surface area contributed by atoms with Gasteiger partial charge in [0.05, 0.1) is 13.7 Å². The van der Waals surface area contributed by atoms with Crippen molar-refractivity contribution in [3.05, 3.63) is 0 Å². The monoisotopic (exact) mass is 185 g/mol.